The molecule has 8 nitrogen and oxygen atoms in total. The molecule has 2 N–H and O–H groups in total. The monoisotopic (exact) mass is 472 g/mol. The number of hydrogen-bond acceptors (Lipinski definition) is 6. The SMILES string of the molecule is O=C(CCCC(=O)N/N=C\c1ccc(Br)o1)N/N=C\c1ccc(Br)o1. The molecular weight excluding hydrogens is 460 g/mol. The predicted octanol–water partition coefficient (Wildman–Crippen LogP) is 3.17. The topological polar surface area (TPSA) is 109 Å². The van der Waals surface area contributed by atoms with Gasteiger partial charge in [-0.3, -0.25) is 9.59 Å². The lowest BCUT2D eigenvalue weighted by Crippen LogP contribution is -2.20. The Morgan fingerprint density at radius 1 is 0.880 bits per heavy atom. The van der Waals surface area contributed by atoms with Crippen molar-refractivity contribution in [3.8, 4) is 0 Å². The summed E-state index contributed by atoms with van der Waals surface area (Å²) >= 11 is 6.32. The van der Waals surface area contributed by atoms with Crippen molar-refractivity contribution < 1.29 is 18.4 Å². The van der Waals surface area contributed by atoms with Gasteiger partial charge in [-0.1, -0.05) is 0 Å². The van der Waals surface area contributed by atoms with Crippen molar-refractivity contribution in [3.05, 3.63) is 45.1 Å². The van der Waals surface area contributed by atoms with Crippen molar-refractivity contribution in [3.63, 3.8) is 0 Å². The molecule has 0 saturated heterocycles. The summed E-state index contributed by atoms with van der Waals surface area (Å²) in [6, 6.07) is 6.84. The summed E-state index contributed by atoms with van der Waals surface area (Å²) < 4.78 is 11.5. The first-order valence-electron chi connectivity index (χ1n) is 7.17. The second-order valence-corrected chi connectivity index (χ2v) is 6.29. The van der Waals surface area contributed by atoms with Crippen LogP contribution in [0.2, 0.25) is 0 Å². The highest BCUT2D eigenvalue weighted by Crippen LogP contribution is 2.12. The Balaban J connectivity index is 1.59. The van der Waals surface area contributed by atoms with Crippen LogP contribution in [-0.4, -0.2) is 24.2 Å². The van der Waals surface area contributed by atoms with Crippen LogP contribution in [0.5, 0.6) is 0 Å². The molecule has 0 atom stereocenters. The van der Waals surface area contributed by atoms with Gasteiger partial charge in [0, 0.05) is 12.8 Å². The van der Waals surface area contributed by atoms with Crippen molar-refractivity contribution in [2.24, 2.45) is 10.2 Å². The van der Waals surface area contributed by atoms with E-state index in [-0.39, 0.29) is 24.7 Å². The van der Waals surface area contributed by atoms with E-state index in [1.54, 1.807) is 24.3 Å². The van der Waals surface area contributed by atoms with Crippen LogP contribution in [0.4, 0.5) is 0 Å². The molecule has 2 rings (SSSR count). The molecule has 0 aliphatic rings. The van der Waals surface area contributed by atoms with Crippen LogP contribution in [0.1, 0.15) is 30.8 Å². The molecule has 132 valence electrons. The Morgan fingerprint density at radius 3 is 1.68 bits per heavy atom. The number of halogens is 2. The lowest BCUT2D eigenvalue weighted by Gasteiger charge is -2.00. The van der Waals surface area contributed by atoms with Gasteiger partial charge < -0.3 is 8.83 Å². The third-order valence-corrected chi connectivity index (χ3v) is 3.61. The summed E-state index contributed by atoms with van der Waals surface area (Å²) in [7, 11) is 0. The number of hydrazone groups is 2. The molecule has 0 saturated carbocycles. The Labute approximate surface area is 160 Å². The average molecular weight is 474 g/mol. The van der Waals surface area contributed by atoms with E-state index in [2.05, 4.69) is 52.9 Å². The van der Waals surface area contributed by atoms with Crippen LogP contribution >= 0.6 is 31.9 Å². The van der Waals surface area contributed by atoms with Gasteiger partial charge >= 0.3 is 0 Å². The minimum absolute atomic E-state index is 0.168. The highest BCUT2D eigenvalue weighted by molar-refractivity contribution is 9.10. The second kappa shape index (κ2) is 9.94. The number of carbonyl (C=O) groups excluding carboxylic acids is 2. The van der Waals surface area contributed by atoms with Crippen molar-refractivity contribution in [2.45, 2.75) is 19.3 Å². The van der Waals surface area contributed by atoms with Crippen molar-refractivity contribution in [1.29, 1.82) is 0 Å². The van der Waals surface area contributed by atoms with E-state index < -0.39 is 0 Å². The minimum atomic E-state index is -0.293. The second-order valence-electron chi connectivity index (χ2n) is 4.72. The molecule has 2 heterocycles. The zero-order valence-corrected chi connectivity index (χ0v) is 16.0. The summed E-state index contributed by atoms with van der Waals surface area (Å²) in [5.74, 6) is 0.429. The molecular formula is C15H14Br2N4O4. The summed E-state index contributed by atoms with van der Waals surface area (Å²) in [5, 5.41) is 7.52. The summed E-state index contributed by atoms with van der Waals surface area (Å²) in [5.41, 5.74) is 4.72. The molecule has 0 radical (unpaired) electrons. The Kier molecular flexibility index (Phi) is 7.61. The summed E-state index contributed by atoms with van der Waals surface area (Å²) in [6.45, 7) is 0. The fraction of sp³-hybridized carbons (Fsp3) is 0.200. The van der Waals surface area contributed by atoms with E-state index in [1.807, 2.05) is 0 Å². The van der Waals surface area contributed by atoms with Gasteiger partial charge in [-0.2, -0.15) is 10.2 Å². The fourth-order valence-electron chi connectivity index (χ4n) is 1.65. The Bertz CT molecular complexity index is 718. The standard InChI is InChI=1S/C15H14Br2N4O4/c16-12-6-4-10(24-12)8-18-20-14(22)2-1-3-15(23)21-19-9-11-5-7-13(17)25-11/h4-9H,1-3H2,(H,20,22)(H,21,23)/b18-8-,19-9-. The van der Waals surface area contributed by atoms with Crippen LogP contribution in [0.25, 0.3) is 0 Å². The normalized spacial score (nSPS) is 11.3. The molecule has 25 heavy (non-hydrogen) atoms. The van der Waals surface area contributed by atoms with E-state index in [4.69, 9.17) is 8.83 Å². The fourth-order valence-corrected chi connectivity index (χ4v) is 2.29. The molecule has 0 spiro atoms. The van der Waals surface area contributed by atoms with Crippen LogP contribution in [0, 0.1) is 0 Å². The summed E-state index contributed by atoms with van der Waals surface area (Å²) in [4.78, 5) is 23.2. The molecule has 0 aliphatic carbocycles. The molecule has 0 fully saturated rings. The first kappa shape index (κ1) is 19.1. The van der Waals surface area contributed by atoms with E-state index in [0.717, 1.165) is 0 Å². The number of nitrogens with one attached hydrogen (secondary N) is 2. The first-order valence-corrected chi connectivity index (χ1v) is 8.76. The number of hydrogen-bond donors (Lipinski definition) is 2. The maximum Gasteiger partial charge on any atom is 0.240 e. The van der Waals surface area contributed by atoms with Gasteiger partial charge in [-0.05, 0) is 62.5 Å². The molecule has 2 aromatic heterocycles. The molecule has 0 unspecified atom stereocenters. The lowest BCUT2D eigenvalue weighted by atomic mass is 10.2. The van der Waals surface area contributed by atoms with E-state index in [0.29, 0.717) is 27.3 Å². The highest BCUT2D eigenvalue weighted by atomic mass is 79.9. The minimum Gasteiger partial charge on any atom is -0.448 e. The average Bonchev–Trinajstić information content (AvgIpc) is 3.16. The van der Waals surface area contributed by atoms with Gasteiger partial charge in [0.15, 0.2) is 9.34 Å². The summed E-state index contributed by atoms with van der Waals surface area (Å²) in [6.07, 6.45) is 3.48. The number of carbonyl (C=O) groups is 2. The van der Waals surface area contributed by atoms with Crippen molar-refractivity contribution in [1.82, 2.24) is 10.9 Å². The van der Waals surface area contributed by atoms with Gasteiger partial charge in [0.1, 0.15) is 11.5 Å². The maximum atomic E-state index is 11.6. The van der Waals surface area contributed by atoms with Gasteiger partial charge in [-0.25, -0.2) is 10.9 Å². The van der Waals surface area contributed by atoms with E-state index in [9.17, 15) is 9.59 Å². The van der Waals surface area contributed by atoms with Gasteiger partial charge in [0.05, 0.1) is 12.4 Å². The molecule has 0 aromatic carbocycles. The zero-order chi connectivity index (χ0) is 18.1. The zero-order valence-electron chi connectivity index (χ0n) is 12.9. The molecule has 10 heteroatoms. The highest BCUT2D eigenvalue weighted by Gasteiger charge is 2.04. The van der Waals surface area contributed by atoms with Crippen molar-refractivity contribution in [2.75, 3.05) is 0 Å². The Hall–Kier alpha value is -2.20. The largest absolute Gasteiger partial charge is 0.448 e. The van der Waals surface area contributed by atoms with Gasteiger partial charge in [0.2, 0.25) is 11.8 Å². The van der Waals surface area contributed by atoms with Crippen LogP contribution < -0.4 is 10.9 Å². The first-order chi connectivity index (χ1) is 12.0. The van der Waals surface area contributed by atoms with E-state index in [1.165, 1.54) is 12.4 Å². The Morgan fingerprint density at radius 2 is 1.32 bits per heavy atom. The van der Waals surface area contributed by atoms with E-state index >= 15 is 0 Å². The number of amides is 2. The number of furan rings is 2. The van der Waals surface area contributed by atoms with Crippen LogP contribution in [0.3, 0.4) is 0 Å². The third-order valence-electron chi connectivity index (χ3n) is 2.76. The molecule has 0 bridgehead atoms. The molecule has 2 amide bonds. The molecule has 0 aliphatic heterocycles. The quantitative estimate of drug-likeness (QED) is 0.453. The predicted molar refractivity (Wildman–Crippen MR) is 98.1 cm³/mol. The smallest absolute Gasteiger partial charge is 0.240 e. The van der Waals surface area contributed by atoms with Gasteiger partial charge in [-0.15, -0.1) is 0 Å². The van der Waals surface area contributed by atoms with Crippen molar-refractivity contribution >= 4 is 56.1 Å². The van der Waals surface area contributed by atoms with Crippen LogP contribution in [0.15, 0.2) is 52.6 Å². The van der Waals surface area contributed by atoms with Gasteiger partial charge in [0.25, 0.3) is 0 Å². The lowest BCUT2D eigenvalue weighted by molar-refractivity contribution is -0.122. The third kappa shape index (κ3) is 7.48. The maximum absolute atomic E-state index is 11.6. The number of rotatable bonds is 8. The van der Waals surface area contributed by atoms with Crippen LogP contribution in [-0.2, 0) is 9.59 Å². The number of nitrogens with zero attached hydrogens (tertiary/aromatic N) is 2. The molecule has 2 aromatic rings.